The largest absolute Gasteiger partial charge is 0.479 e. The van der Waals surface area contributed by atoms with Gasteiger partial charge in [-0.3, -0.25) is 9.69 Å². The molecule has 0 radical (unpaired) electrons. The number of nitrogens with zero attached hydrogens (tertiary/aromatic N) is 2. The van der Waals surface area contributed by atoms with E-state index in [-0.39, 0.29) is 10.2 Å². The van der Waals surface area contributed by atoms with Crippen LogP contribution >= 0.6 is 24.0 Å². The zero-order chi connectivity index (χ0) is 19.8. The summed E-state index contributed by atoms with van der Waals surface area (Å²) in [6.07, 6.45) is 3.73. The predicted molar refractivity (Wildman–Crippen MR) is 115 cm³/mol. The topological polar surface area (TPSA) is 62.5 Å². The predicted octanol–water partition coefficient (Wildman–Crippen LogP) is 4.21. The van der Waals surface area contributed by atoms with Crippen LogP contribution in [0.5, 0.6) is 0 Å². The van der Waals surface area contributed by atoms with Crippen molar-refractivity contribution in [2.75, 3.05) is 0 Å². The summed E-state index contributed by atoms with van der Waals surface area (Å²) in [6.45, 7) is 0. The van der Waals surface area contributed by atoms with Gasteiger partial charge < -0.3 is 9.67 Å². The highest BCUT2D eigenvalue weighted by Crippen LogP contribution is 2.39. The van der Waals surface area contributed by atoms with Crippen molar-refractivity contribution in [2.24, 2.45) is 7.05 Å². The molecule has 0 bridgehead atoms. The van der Waals surface area contributed by atoms with Crippen molar-refractivity contribution < 1.29 is 14.7 Å². The van der Waals surface area contributed by atoms with Crippen molar-refractivity contribution >= 4 is 57.2 Å². The second-order valence-corrected chi connectivity index (χ2v) is 8.09. The summed E-state index contributed by atoms with van der Waals surface area (Å²) >= 11 is 6.50. The van der Waals surface area contributed by atoms with Crippen LogP contribution in [0.1, 0.15) is 17.2 Å². The first-order valence-corrected chi connectivity index (χ1v) is 9.78. The van der Waals surface area contributed by atoms with Crippen LogP contribution in [-0.2, 0) is 16.6 Å². The van der Waals surface area contributed by atoms with Crippen LogP contribution in [0.15, 0.2) is 65.7 Å². The van der Waals surface area contributed by atoms with E-state index in [1.807, 2.05) is 42.1 Å². The smallest absolute Gasteiger partial charge is 0.331 e. The molecule has 1 aliphatic heterocycles. The van der Waals surface area contributed by atoms with Crippen LogP contribution in [0.25, 0.3) is 17.0 Å². The quantitative estimate of drug-likeness (QED) is 0.518. The SMILES string of the molecule is Cn1cc(/C=C2\SC(=S)N([C@@H](C(=O)O)c3ccccc3)C2=O)c2ccccc21. The first-order chi connectivity index (χ1) is 13.5. The van der Waals surface area contributed by atoms with E-state index in [4.69, 9.17) is 12.2 Å². The van der Waals surface area contributed by atoms with Crippen molar-refractivity contribution in [1.29, 1.82) is 0 Å². The number of thioether (sulfide) groups is 1. The molecule has 0 spiro atoms. The fourth-order valence-corrected chi connectivity index (χ4v) is 4.67. The van der Waals surface area contributed by atoms with Gasteiger partial charge in [-0.25, -0.2) is 4.79 Å². The molecule has 0 saturated carbocycles. The van der Waals surface area contributed by atoms with Crippen molar-refractivity contribution in [3.05, 3.63) is 76.8 Å². The third kappa shape index (κ3) is 3.12. The third-order valence-corrected chi connectivity index (χ3v) is 5.98. The van der Waals surface area contributed by atoms with Gasteiger partial charge in [-0.2, -0.15) is 0 Å². The van der Waals surface area contributed by atoms with Crippen molar-refractivity contribution in [2.45, 2.75) is 6.04 Å². The maximum atomic E-state index is 13.1. The van der Waals surface area contributed by atoms with Gasteiger partial charge >= 0.3 is 5.97 Å². The highest BCUT2D eigenvalue weighted by Gasteiger charge is 2.41. The van der Waals surface area contributed by atoms with Gasteiger partial charge in [-0.1, -0.05) is 72.5 Å². The summed E-state index contributed by atoms with van der Waals surface area (Å²) in [6, 6.07) is 15.4. The molecule has 1 atom stereocenters. The number of hydrogen-bond acceptors (Lipinski definition) is 4. The molecular weight excluding hydrogens is 392 g/mol. The molecule has 140 valence electrons. The lowest BCUT2D eigenvalue weighted by molar-refractivity contribution is -0.145. The highest BCUT2D eigenvalue weighted by atomic mass is 32.2. The van der Waals surface area contributed by atoms with Gasteiger partial charge in [-0.05, 0) is 17.7 Å². The summed E-state index contributed by atoms with van der Waals surface area (Å²) in [5.74, 6) is -1.51. The molecule has 0 aliphatic carbocycles. The summed E-state index contributed by atoms with van der Waals surface area (Å²) in [5, 5.41) is 10.8. The Balaban J connectivity index is 1.74. The molecule has 4 rings (SSSR count). The van der Waals surface area contributed by atoms with Crippen LogP contribution in [0.2, 0.25) is 0 Å². The Hall–Kier alpha value is -2.90. The van der Waals surface area contributed by atoms with Crippen molar-refractivity contribution in [3.63, 3.8) is 0 Å². The summed E-state index contributed by atoms with van der Waals surface area (Å²) in [7, 11) is 1.95. The molecule has 5 nitrogen and oxygen atoms in total. The second-order valence-electron chi connectivity index (χ2n) is 6.42. The second kappa shape index (κ2) is 7.26. The first-order valence-electron chi connectivity index (χ1n) is 8.56. The van der Waals surface area contributed by atoms with Crippen LogP contribution in [0, 0.1) is 0 Å². The molecule has 2 aromatic carbocycles. The fraction of sp³-hybridized carbons (Fsp3) is 0.0952. The number of thiocarbonyl (C=S) groups is 1. The molecule has 1 fully saturated rings. The minimum absolute atomic E-state index is 0.243. The molecule has 1 amide bonds. The number of carboxylic acid groups (broad SMARTS) is 1. The molecular formula is C21H16N2O3S2. The van der Waals surface area contributed by atoms with E-state index >= 15 is 0 Å². The normalized spacial score (nSPS) is 16.9. The van der Waals surface area contributed by atoms with E-state index < -0.39 is 12.0 Å². The Bertz CT molecular complexity index is 1140. The number of hydrogen-bond donors (Lipinski definition) is 1. The lowest BCUT2D eigenvalue weighted by Crippen LogP contribution is -2.37. The standard InChI is InChI=1S/C21H16N2O3S2/c1-22-12-14(15-9-5-6-10-16(15)22)11-17-19(24)23(21(27)28-17)18(20(25)26)13-7-3-2-4-8-13/h2-12,18H,1H3,(H,25,26)/b17-11-/t18-/m1/s1. The number of aryl methyl sites for hydroxylation is 1. The average molecular weight is 409 g/mol. The van der Waals surface area contributed by atoms with E-state index in [9.17, 15) is 14.7 Å². The minimum atomic E-state index is -1.15. The van der Waals surface area contributed by atoms with Crippen LogP contribution in [0.3, 0.4) is 0 Å². The zero-order valence-corrected chi connectivity index (χ0v) is 16.5. The fourth-order valence-electron chi connectivity index (χ4n) is 3.37. The lowest BCUT2D eigenvalue weighted by Gasteiger charge is -2.23. The van der Waals surface area contributed by atoms with E-state index in [0.29, 0.717) is 10.5 Å². The number of benzene rings is 2. The molecule has 1 aliphatic rings. The number of carbonyl (C=O) groups excluding carboxylic acids is 1. The number of carbonyl (C=O) groups is 2. The molecule has 1 N–H and O–H groups in total. The number of amides is 1. The molecule has 7 heteroatoms. The van der Waals surface area contributed by atoms with E-state index in [1.165, 1.54) is 4.90 Å². The van der Waals surface area contributed by atoms with Gasteiger partial charge in [0, 0.05) is 29.7 Å². The molecule has 0 unspecified atom stereocenters. The number of para-hydroxylation sites is 1. The van der Waals surface area contributed by atoms with Gasteiger partial charge in [0.1, 0.15) is 4.32 Å². The molecule has 3 aromatic rings. The Morgan fingerprint density at radius 1 is 1.14 bits per heavy atom. The van der Waals surface area contributed by atoms with Crippen LogP contribution < -0.4 is 0 Å². The van der Waals surface area contributed by atoms with Gasteiger partial charge in [-0.15, -0.1) is 0 Å². The van der Waals surface area contributed by atoms with Crippen molar-refractivity contribution in [1.82, 2.24) is 9.47 Å². The van der Waals surface area contributed by atoms with Gasteiger partial charge in [0.25, 0.3) is 5.91 Å². The molecule has 28 heavy (non-hydrogen) atoms. The van der Waals surface area contributed by atoms with Gasteiger partial charge in [0.2, 0.25) is 0 Å². The maximum Gasteiger partial charge on any atom is 0.331 e. The van der Waals surface area contributed by atoms with Crippen LogP contribution in [-0.4, -0.2) is 30.8 Å². The summed E-state index contributed by atoms with van der Waals surface area (Å²) in [5.41, 5.74) is 2.46. The minimum Gasteiger partial charge on any atom is -0.479 e. The Labute approximate surface area is 171 Å². The number of carboxylic acids is 1. The van der Waals surface area contributed by atoms with Crippen LogP contribution in [0.4, 0.5) is 0 Å². The Kier molecular flexibility index (Phi) is 4.78. The summed E-state index contributed by atoms with van der Waals surface area (Å²) in [4.78, 5) is 26.6. The average Bonchev–Trinajstić information content (AvgIpc) is 3.14. The molecule has 1 saturated heterocycles. The summed E-state index contributed by atoms with van der Waals surface area (Å²) < 4.78 is 2.24. The monoisotopic (exact) mass is 408 g/mol. The zero-order valence-electron chi connectivity index (χ0n) is 14.9. The van der Waals surface area contributed by atoms with E-state index in [0.717, 1.165) is 28.2 Å². The number of aliphatic carboxylic acids is 1. The Morgan fingerprint density at radius 2 is 1.82 bits per heavy atom. The van der Waals surface area contributed by atoms with E-state index in [2.05, 4.69) is 0 Å². The highest BCUT2D eigenvalue weighted by molar-refractivity contribution is 8.26. The number of fused-ring (bicyclic) bond motifs is 1. The van der Waals surface area contributed by atoms with Crippen molar-refractivity contribution in [3.8, 4) is 0 Å². The third-order valence-electron chi connectivity index (χ3n) is 4.65. The van der Waals surface area contributed by atoms with Gasteiger partial charge in [0.15, 0.2) is 6.04 Å². The van der Waals surface area contributed by atoms with Gasteiger partial charge in [0.05, 0.1) is 4.91 Å². The lowest BCUT2D eigenvalue weighted by atomic mass is 10.1. The van der Waals surface area contributed by atoms with E-state index in [1.54, 1.807) is 36.4 Å². The Morgan fingerprint density at radius 3 is 2.54 bits per heavy atom. The maximum absolute atomic E-state index is 13.1. The first kappa shape index (κ1) is 18.5. The molecule has 2 heterocycles. The molecule has 1 aromatic heterocycles. The number of rotatable bonds is 4. The number of aromatic nitrogens is 1.